The Morgan fingerprint density at radius 2 is 1.58 bits per heavy atom. The summed E-state index contributed by atoms with van der Waals surface area (Å²) >= 11 is 0. The largest absolute Gasteiger partial charge is 0.469 e. The summed E-state index contributed by atoms with van der Waals surface area (Å²) in [5, 5.41) is 0. The van der Waals surface area contributed by atoms with Crippen LogP contribution in [0.4, 0.5) is 4.39 Å². The molecule has 5 rings (SSSR count). The first-order valence-corrected chi connectivity index (χ1v) is 11.5. The Morgan fingerprint density at radius 1 is 0.939 bits per heavy atom. The van der Waals surface area contributed by atoms with E-state index in [9.17, 15) is 9.18 Å². The molecule has 0 radical (unpaired) electrons. The summed E-state index contributed by atoms with van der Waals surface area (Å²) in [5.74, 6) is 1.39. The van der Waals surface area contributed by atoms with Gasteiger partial charge in [-0.25, -0.2) is 9.37 Å². The summed E-state index contributed by atoms with van der Waals surface area (Å²) in [4.78, 5) is 19.3. The highest BCUT2D eigenvalue weighted by molar-refractivity contribution is 5.80. The van der Waals surface area contributed by atoms with Gasteiger partial charge in [0.2, 0.25) is 0 Å². The number of rotatable bonds is 5. The van der Waals surface area contributed by atoms with Crippen molar-refractivity contribution in [2.24, 2.45) is 5.92 Å². The van der Waals surface area contributed by atoms with Crippen LogP contribution in [-0.4, -0.2) is 23.0 Å². The number of benzene rings is 3. The van der Waals surface area contributed by atoms with Crippen molar-refractivity contribution in [3.8, 4) is 22.5 Å². The molecular formula is C28H27FN2O2. The molecular weight excluding hydrogens is 415 g/mol. The van der Waals surface area contributed by atoms with Gasteiger partial charge in [-0.15, -0.1) is 0 Å². The average molecular weight is 443 g/mol. The number of aromatic nitrogens is 2. The summed E-state index contributed by atoms with van der Waals surface area (Å²) in [7, 11) is 1.46. The summed E-state index contributed by atoms with van der Waals surface area (Å²) < 4.78 is 18.3. The Kier molecular flexibility index (Phi) is 5.95. The maximum absolute atomic E-state index is 13.4. The zero-order chi connectivity index (χ0) is 22.8. The maximum Gasteiger partial charge on any atom is 0.305 e. The van der Waals surface area contributed by atoms with Gasteiger partial charge < -0.3 is 9.72 Å². The number of halogens is 1. The van der Waals surface area contributed by atoms with E-state index in [1.807, 2.05) is 12.1 Å². The lowest BCUT2D eigenvalue weighted by molar-refractivity contribution is -0.142. The highest BCUT2D eigenvalue weighted by atomic mass is 19.1. The van der Waals surface area contributed by atoms with Gasteiger partial charge in [-0.05, 0) is 72.4 Å². The lowest BCUT2D eigenvalue weighted by Crippen LogP contribution is -2.17. The zero-order valence-corrected chi connectivity index (χ0v) is 18.7. The minimum atomic E-state index is -0.272. The summed E-state index contributed by atoms with van der Waals surface area (Å²) in [6.07, 6.45) is 4.95. The van der Waals surface area contributed by atoms with Gasteiger partial charge >= 0.3 is 5.97 Å². The van der Waals surface area contributed by atoms with Gasteiger partial charge in [-0.1, -0.05) is 48.5 Å². The highest BCUT2D eigenvalue weighted by Crippen LogP contribution is 2.38. The molecule has 1 aromatic heterocycles. The van der Waals surface area contributed by atoms with Crippen molar-refractivity contribution in [3.63, 3.8) is 0 Å². The van der Waals surface area contributed by atoms with Crippen molar-refractivity contribution in [1.29, 1.82) is 0 Å². The van der Waals surface area contributed by atoms with Crippen molar-refractivity contribution in [2.75, 3.05) is 7.11 Å². The lowest BCUT2D eigenvalue weighted by atomic mass is 9.77. The van der Waals surface area contributed by atoms with Crippen molar-refractivity contribution in [1.82, 2.24) is 9.97 Å². The number of carbonyl (C=O) groups excluding carboxylic acids is 1. The molecule has 0 spiro atoms. The van der Waals surface area contributed by atoms with E-state index in [0.717, 1.165) is 48.2 Å². The molecule has 4 nitrogen and oxygen atoms in total. The number of H-pyrrole nitrogens is 1. The van der Waals surface area contributed by atoms with Crippen molar-refractivity contribution in [2.45, 2.75) is 38.0 Å². The van der Waals surface area contributed by atoms with E-state index in [4.69, 9.17) is 4.74 Å². The van der Waals surface area contributed by atoms with Crippen LogP contribution in [0, 0.1) is 11.7 Å². The van der Waals surface area contributed by atoms with Gasteiger partial charge in [-0.3, -0.25) is 4.79 Å². The zero-order valence-electron chi connectivity index (χ0n) is 18.7. The maximum atomic E-state index is 13.4. The number of ether oxygens (including phenoxy) is 1. The van der Waals surface area contributed by atoms with Gasteiger partial charge in [0.05, 0.1) is 18.1 Å². The fourth-order valence-corrected chi connectivity index (χ4v) is 4.91. The first-order chi connectivity index (χ1) is 16.1. The molecule has 1 saturated carbocycles. The molecule has 1 aliphatic rings. The molecule has 1 heterocycles. The average Bonchev–Trinajstić information content (AvgIpc) is 3.28. The Bertz CT molecular complexity index is 1250. The monoisotopic (exact) mass is 442 g/mol. The molecule has 168 valence electrons. The van der Waals surface area contributed by atoms with E-state index in [1.165, 1.54) is 30.4 Å². The fourth-order valence-electron chi connectivity index (χ4n) is 4.91. The summed E-state index contributed by atoms with van der Waals surface area (Å²) in [6, 6.07) is 21.7. The number of hydrogen-bond donors (Lipinski definition) is 1. The Morgan fingerprint density at radius 3 is 2.24 bits per heavy atom. The van der Waals surface area contributed by atoms with Crippen LogP contribution < -0.4 is 0 Å². The quantitative estimate of drug-likeness (QED) is 0.343. The third-order valence-electron chi connectivity index (χ3n) is 6.85. The van der Waals surface area contributed by atoms with Crippen molar-refractivity contribution >= 4 is 17.0 Å². The second kappa shape index (κ2) is 9.18. The molecule has 1 fully saturated rings. The predicted molar refractivity (Wildman–Crippen MR) is 128 cm³/mol. The smallest absolute Gasteiger partial charge is 0.305 e. The number of hydrogen-bond acceptors (Lipinski definition) is 3. The second-order valence-electron chi connectivity index (χ2n) is 8.94. The van der Waals surface area contributed by atoms with Crippen LogP contribution in [0.3, 0.4) is 0 Å². The molecule has 0 atom stereocenters. The van der Waals surface area contributed by atoms with Crippen molar-refractivity contribution < 1.29 is 13.9 Å². The van der Waals surface area contributed by atoms with E-state index in [1.54, 1.807) is 6.07 Å². The van der Waals surface area contributed by atoms with Crippen LogP contribution in [0.2, 0.25) is 0 Å². The number of imidazole rings is 1. The molecule has 1 N–H and O–H groups in total. The predicted octanol–water partition coefficient (Wildman–Crippen LogP) is 6.87. The third-order valence-corrected chi connectivity index (χ3v) is 6.85. The Labute approximate surface area is 192 Å². The summed E-state index contributed by atoms with van der Waals surface area (Å²) in [5.41, 5.74) is 6.12. The molecule has 3 aromatic carbocycles. The van der Waals surface area contributed by atoms with Crippen LogP contribution in [0.1, 0.15) is 43.6 Å². The molecule has 1 aliphatic carbocycles. The Balaban J connectivity index is 1.25. The minimum Gasteiger partial charge on any atom is -0.469 e. The molecule has 4 aromatic rings. The molecule has 0 aliphatic heterocycles. The van der Waals surface area contributed by atoms with E-state index in [0.29, 0.717) is 23.8 Å². The number of carbonyl (C=O) groups is 1. The van der Waals surface area contributed by atoms with Gasteiger partial charge in [0.25, 0.3) is 0 Å². The van der Waals surface area contributed by atoms with Crippen LogP contribution >= 0.6 is 0 Å². The number of esters is 1. The van der Waals surface area contributed by atoms with Crippen LogP contribution in [0.25, 0.3) is 33.5 Å². The lowest BCUT2D eigenvalue weighted by Gasteiger charge is -2.28. The topological polar surface area (TPSA) is 55.0 Å². The number of nitrogens with one attached hydrogen (secondary N) is 1. The third kappa shape index (κ3) is 4.68. The van der Waals surface area contributed by atoms with E-state index in [-0.39, 0.29) is 11.8 Å². The van der Waals surface area contributed by atoms with Gasteiger partial charge in [0.15, 0.2) is 0 Å². The van der Waals surface area contributed by atoms with Crippen LogP contribution in [-0.2, 0) is 9.53 Å². The van der Waals surface area contributed by atoms with Gasteiger partial charge in [0.1, 0.15) is 11.6 Å². The normalized spacial score (nSPS) is 18.4. The molecule has 0 amide bonds. The van der Waals surface area contributed by atoms with Gasteiger partial charge in [-0.2, -0.15) is 0 Å². The number of nitrogens with zero attached hydrogens (tertiary/aromatic N) is 1. The molecule has 5 heteroatoms. The number of fused-ring (bicyclic) bond motifs is 1. The van der Waals surface area contributed by atoms with Crippen molar-refractivity contribution in [3.05, 3.63) is 78.1 Å². The van der Waals surface area contributed by atoms with E-state index >= 15 is 0 Å². The SMILES string of the molecule is COC(=O)CC1CCC(c2ccc(-c3ccc(-c4nc5ccc(F)cc5[nH]4)cc3)cc2)CC1. The van der Waals surface area contributed by atoms with Crippen LogP contribution in [0.5, 0.6) is 0 Å². The van der Waals surface area contributed by atoms with Crippen LogP contribution in [0.15, 0.2) is 66.7 Å². The first-order valence-electron chi connectivity index (χ1n) is 11.5. The standard InChI is InChI=1S/C28H27FN2O2/c1-33-27(32)16-18-2-4-19(5-3-18)20-6-8-21(9-7-20)22-10-12-23(13-11-22)28-30-25-15-14-24(29)17-26(25)31-28/h6-15,17-19H,2-5,16H2,1H3,(H,30,31). The molecule has 0 bridgehead atoms. The molecule has 33 heavy (non-hydrogen) atoms. The van der Waals surface area contributed by atoms with E-state index < -0.39 is 0 Å². The first kappa shape index (κ1) is 21.4. The number of methoxy groups -OCH3 is 1. The fraction of sp³-hybridized carbons (Fsp3) is 0.286. The Hall–Kier alpha value is -3.47. The minimum absolute atomic E-state index is 0.0944. The summed E-state index contributed by atoms with van der Waals surface area (Å²) in [6.45, 7) is 0. The number of aromatic amines is 1. The highest BCUT2D eigenvalue weighted by Gasteiger charge is 2.24. The van der Waals surface area contributed by atoms with Gasteiger partial charge in [0, 0.05) is 12.0 Å². The molecule has 0 saturated heterocycles. The second-order valence-corrected chi connectivity index (χ2v) is 8.94. The van der Waals surface area contributed by atoms with E-state index in [2.05, 4.69) is 46.4 Å². The molecule has 0 unspecified atom stereocenters.